The minimum Gasteiger partial charge on any atom is -0.309 e. The highest BCUT2D eigenvalue weighted by atomic mass is 32.1. The molecule has 0 aliphatic rings. The van der Waals surface area contributed by atoms with Crippen molar-refractivity contribution in [2.75, 3.05) is 7.05 Å². The van der Waals surface area contributed by atoms with Gasteiger partial charge in [-0.25, -0.2) is 0 Å². The number of aryl methyl sites for hydroxylation is 1. The smallest absolute Gasteiger partial charge is 0.0860 e. The van der Waals surface area contributed by atoms with Crippen LogP contribution in [0.2, 0.25) is 0 Å². The molecule has 1 aromatic carbocycles. The summed E-state index contributed by atoms with van der Waals surface area (Å²) in [6.45, 7) is 8.77. The number of hydrogen-bond donors (Lipinski definition) is 1. The normalized spacial score (nSPS) is 13.4. The van der Waals surface area contributed by atoms with Crippen LogP contribution in [0.15, 0.2) is 24.3 Å². The van der Waals surface area contributed by atoms with Gasteiger partial charge in [0.25, 0.3) is 0 Å². The number of hydrogen-bond acceptors (Lipinski definition) is 4. The average molecular weight is 303 g/mol. The molecule has 0 amide bonds. The minimum absolute atomic E-state index is 0.0135. The molecule has 0 aliphatic carbocycles. The maximum atomic E-state index is 4.36. The highest BCUT2D eigenvalue weighted by molar-refractivity contribution is 7.05. The molecule has 0 saturated carbocycles. The molecule has 0 spiro atoms. The Hall–Kier alpha value is -1.26. The molecule has 2 rings (SSSR count). The molecule has 2 aromatic rings. The van der Waals surface area contributed by atoms with Crippen molar-refractivity contribution in [2.45, 2.75) is 52.0 Å². The summed E-state index contributed by atoms with van der Waals surface area (Å²) in [6, 6.07) is 9.06. The SMILES string of the molecule is CCCc1ccc(C(NC)c2snnc2C(C)(C)C)cc1. The third-order valence-corrected chi connectivity index (χ3v) is 4.42. The van der Waals surface area contributed by atoms with Crippen LogP contribution in [0, 0.1) is 0 Å². The molecule has 1 atom stereocenters. The monoisotopic (exact) mass is 303 g/mol. The highest BCUT2D eigenvalue weighted by Gasteiger charge is 2.27. The summed E-state index contributed by atoms with van der Waals surface area (Å²) in [6.07, 6.45) is 2.32. The van der Waals surface area contributed by atoms with Gasteiger partial charge in [-0.1, -0.05) is 62.9 Å². The molecule has 0 radical (unpaired) electrons. The molecular formula is C17H25N3S. The maximum absolute atomic E-state index is 4.36. The van der Waals surface area contributed by atoms with E-state index >= 15 is 0 Å². The number of nitrogens with one attached hydrogen (secondary N) is 1. The number of benzene rings is 1. The topological polar surface area (TPSA) is 37.8 Å². The fraction of sp³-hybridized carbons (Fsp3) is 0.529. The van der Waals surface area contributed by atoms with Gasteiger partial charge in [-0.3, -0.25) is 0 Å². The molecule has 1 heterocycles. The maximum Gasteiger partial charge on any atom is 0.0860 e. The lowest BCUT2D eigenvalue weighted by Gasteiger charge is -2.22. The van der Waals surface area contributed by atoms with Gasteiger partial charge in [-0.15, -0.1) is 5.10 Å². The Morgan fingerprint density at radius 2 is 1.86 bits per heavy atom. The Morgan fingerprint density at radius 3 is 2.38 bits per heavy atom. The fourth-order valence-corrected chi connectivity index (χ4v) is 3.52. The van der Waals surface area contributed by atoms with E-state index in [1.807, 2.05) is 7.05 Å². The molecule has 4 heteroatoms. The Morgan fingerprint density at radius 1 is 1.19 bits per heavy atom. The molecular weight excluding hydrogens is 278 g/mol. The van der Waals surface area contributed by atoms with Gasteiger partial charge < -0.3 is 5.32 Å². The highest BCUT2D eigenvalue weighted by Crippen LogP contribution is 2.33. The van der Waals surface area contributed by atoms with Crippen LogP contribution in [0.1, 0.15) is 61.9 Å². The predicted molar refractivity (Wildman–Crippen MR) is 89.9 cm³/mol. The second-order valence-electron chi connectivity index (χ2n) is 6.45. The molecule has 0 bridgehead atoms. The van der Waals surface area contributed by atoms with Crippen LogP contribution in [-0.2, 0) is 11.8 Å². The number of nitrogens with zero attached hydrogens (tertiary/aromatic N) is 2. The molecule has 21 heavy (non-hydrogen) atoms. The summed E-state index contributed by atoms with van der Waals surface area (Å²) >= 11 is 1.49. The molecule has 3 nitrogen and oxygen atoms in total. The summed E-state index contributed by atoms with van der Waals surface area (Å²) in [5.41, 5.74) is 3.77. The summed E-state index contributed by atoms with van der Waals surface area (Å²) in [7, 11) is 2.00. The van der Waals surface area contributed by atoms with Crippen LogP contribution in [0.25, 0.3) is 0 Å². The van der Waals surface area contributed by atoms with Crippen LogP contribution < -0.4 is 5.32 Å². The molecule has 0 saturated heterocycles. The van der Waals surface area contributed by atoms with Crippen molar-refractivity contribution in [3.63, 3.8) is 0 Å². The second-order valence-corrected chi connectivity index (χ2v) is 7.23. The van der Waals surface area contributed by atoms with E-state index in [0.29, 0.717) is 0 Å². The molecule has 0 fully saturated rings. The van der Waals surface area contributed by atoms with Crippen LogP contribution in [0.3, 0.4) is 0 Å². The molecule has 0 aliphatic heterocycles. The number of aromatic nitrogens is 2. The first-order valence-electron chi connectivity index (χ1n) is 7.56. The van der Waals surface area contributed by atoms with E-state index < -0.39 is 0 Å². The first-order valence-corrected chi connectivity index (χ1v) is 8.33. The van der Waals surface area contributed by atoms with Crippen LogP contribution >= 0.6 is 11.5 Å². The predicted octanol–water partition coefficient (Wildman–Crippen LogP) is 4.10. The lowest BCUT2D eigenvalue weighted by molar-refractivity contribution is 0.549. The first-order chi connectivity index (χ1) is 9.97. The van der Waals surface area contributed by atoms with Gasteiger partial charge in [-0.2, -0.15) is 0 Å². The third-order valence-electron chi connectivity index (χ3n) is 3.63. The number of rotatable bonds is 5. The van der Waals surface area contributed by atoms with E-state index in [9.17, 15) is 0 Å². The quantitative estimate of drug-likeness (QED) is 0.903. The largest absolute Gasteiger partial charge is 0.309 e. The molecule has 114 valence electrons. The lowest BCUT2D eigenvalue weighted by atomic mass is 9.88. The lowest BCUT2D eigenvalue weighted by Crippen LogP contribution is -2.22. The van der Waals surface area contributed by atoms with Gasteiger partial charge >= 0.3 is 0 Å². The minimum atomic E-state index is 0.0135. The van der Waals surface area contributed by atoms with E-state index in [1.54, 1.807) is 0 Å². The second kappa shape index (κ2) is 6.67. The van der Waals surface area contributed by atoms with Gasteiger partial charge in [0.2, 0.25) is 0 Å². The van der Waals surface area contributed by atoms with E-state index in [1.165, 1.54) is 34.0 Å². The van der Waals surface area contributed by atoms with E-state index in [-0.39, 0.29) is 11.5 Å². The zero-order valence-corrected chi connectivity index (χ0v) is 14.4. The summed E-state index contributed by atoms with van der Waals surface area (Å²) in [5.74, 6) is 0. The molecule has 1 unspecified atom stereocenters. The van der Waals surface area contributed by atoms with Gasteiger partial charge in [-0.05, 0) is 36.1 Å². The van der Waals surface area contributed by atoms with Gasteiger partial charge in [0.05, 0.1) is 16.6 Å². The van der Waals surface area contributed by atoms with Gasteiger partial charge in [0.1, 0.15) is 0 Å². The van der Waals surface area contributed by atoms with Crippen LogP contribution in [-0.4, -0.2) is 16.6 Å². The van der Waals surface area contributed by atoms with Crippen molar-refractivity contribution in [2.24, 2.45) is 0 Å². The van der Waals surface area contributed by atoms with Gasteiger partial charge in [0, 0.05) is 5.41 Å². The molecule has 1 aromatic heterocycles. The van der Waals surface area contributed by atoms with E-state index in [4.69, 9.17) is 0 Å². The standard InChI is InChI=1S/C17H25N3S/c1-6-7-12-8-10-13(11-9-12)14(18-5)15-16(17(2,3)4)19-20-21-15/h8-11,14,18H,6-7H2,1-5H3. The van der Waals surface area contributed by atoms with Crippen molar-refractivity contribution in [3.05, 3.63) is 46.0 Å². The van der Waals surface area contributed by atoms with Crippen molar-refractivity contribution < 1.29 is 0 Å². The zero-order chi connectivity index (χ0) is 15.5. The summed E-state index contributed by atoms with van der Waals surface area (Å²) in [4.78, 5) is 1.22. The Bertz CT molecular complexity index is 566. The zero-order valence-electron chi connectivity index (χ0n) is 13.6. The van der Waals surface area contributed by atoms with Crippen molar-refractivity contribution in [1.82, 2.24) is 14.9 Å². The van der Waals surface area contributed by atoms with Crippen molar-refractivity contribution in [3.8, 4) is 0 Å². The Labute approximate surface area is 132 Å². The Balaban J connectivity index is 2.34. The average Bonchev–Trinajstić information content (AvgIpc) is 2.91. The molecule has 1 N–H and O–H groups in total. The van der Waals surface area contributed by atoms with Crippen molar-refractivity contribution in [1.29, 1.82) is 0 Å². The summed E-state index contributed by atoms with van der Waals surface area (Å²) in [5, 5.41) is 7.77. The first kappa shape index (κ1) is 16.1. The fourth-order valence-electron chi connectivity index (χ4n) is 2.52. The van der Waals surface area contributed by atoms with Crippen LogP contribution in [0.5, 0.6) is 0 Å². The van der Waals surface area contributed by atoms with Crippen molar-refractivity contribution >= 4 is 11.5 Å². The Kier molecular flexibility index (Phi) is 5.12. The van der Waals surface area contributed by atoms with E-state index in [2.05, 4.69) is 66.9 Å². The third kappa shape index (κ3) is 3.69. The summed E-state index contributed by atoms with van der Waals surface area (Å²) < 4.78 is 4.18. The van der Waals surface area contributed by atoms with E-state index in [0.717, 1.165) is 12.1 Å². The van der Waals surface area contributed by atoms with Crippen LogP contribution in [0.4, 0.5) is 0 Å². The van der Waals surface area contributed by atoms with Gasteiger partial charge in [0.15, 0.2) is 0 Å².